The Morgan fingerprint density at radius 1 is 1.33 bits per heavy atom. The largest absolute Gasteiger partial charge is 0.343 e. The number of anilines is 1. The molecule has 1 aliphatic heterocycles. The molecule has 0 aliphatic carbocycles. The minimum Gasteiger partial charge on any atom is -0.343 e. The lowest BCUT2D eigenvalue weighted by Gasteiger charge is -2.28. The molecule has 0 amide bonds. The summed E-state index contributed by atoms with van der Waals surface area (Å²) < 4.78 is 0. The van der Waals surface area contributed by atoms with Gasteiger partial charge in [-0.1, -0.05) is 31.2 Å². The summed E-state index contributed by atoms with van der Waals surface area (Å²) in [6.45, 7) is 7.49. The van der Waals surface area contributed by atoms with E-state index in [1.165, 1.54) is 16.8 Å². The molecule has 3 rings (SSSR count). The van der Waals surface area contributed by atoms with Gasteiger partial charge < -0.3 is 10.2 Å². The van der Waals surface area contributed by atoms with Crippen LogP contribution in [0.4, 0.5) is 5.13 Å². The van der Waals surface area contributed by atoms with E-state index < -0.39 is 0 Å². The van der Waals surface area contributed by atoms with Crippen molar-refractivity contribution in [1.82, 2.24) is 10.3 Å². The molecule has 3 nitrogen and oxygen atoms in total. The van der Waals surface area contributed by atoms with Gasteiger partial charge in [-0.15, -0.1) is 11.3 Å². The Balaban J connectivity index is 1.70. The van der Waals surface area contributed by atoms with Crippen molar-refractivity contribution in [3.05, 3.63) is 46.5 Å². The number of nitrogens with zero attached hydrogens (tertiary/aromatic N) is 2. The summed E-state index contributed by atoms with van der Waals surface area (Å²) in [4.78, 5) is 7.25. The lowest BCUT2D eigenvalue weighted by atomic mass is 10.0. The van der Waals surface area contributed by atoms with E-state index >= 15 is 0 Å². The second-order valence-corrected chi connectivity index (χ2v) is 6.51. The molecule has 1 atom stereocenters. The predicted molar refractivity (Wildman–Crippen MR) is 90.0 cm³/mol. The molecule has 2 aromatic rings. The Bertz CT molecular complexity index is 593. The van der Waals surface area contributed by atoms with E-state index in [2.05, 4.69) is 53.7 Å². The molecular weight excluding hydrogens is 278 g/mol. The fourth-order valence-electron chi connectivity index (χ4n) is 2.74. The van der Waals surface area contributed by atoms with E-state index in [1.807, 2.05) is 0 Å². The maximum atomic E-state index is 4.84. The van der Waals surface area contributed by atoms with Crippen molar-refractivity contribution >= 4 is 16.5 Å². The van der Waals surface area contributed by atoms with Crippen molar-refractivity contribution in [3.8, 4) is 0 Å². The van der Waals surface area contributed by atoms with Crippen LogP contribution < -0.4 is 10.2 Å². The normalized spacial score (nSPS) is 15.8. The third-order valence-electron chi connectivity index (χ3n) is 4.06. The average molecular weight is 301 g/mol. The number of fused-ring (bicyclic) bond motifs is 1. The number of hydrogen-bond acceptors (Lipinski definition) is 4. The van der Waals surface area contributed by atoms with E-state index in [-0.39, 0.29) is 0 Å². The maximum absolute atomic E-state index is 4.84. The van der Waals surface area contributed by atoms with Crippen molar-refractivity contribution < 1.29 is 0 Å². The molecule has 2 heterocycles. The van der Waals surface area contributed by atoms with Gasteiger partial charge in [0.25, 0.3) is 0 Å². The summed E-state index contributed by atoms with van der Waals surface area (Å²) >= 11 is 1.77. The summed E-state index contributed by atoms with van der Waals surface area (Å²) in [6, 6.07) is 9.09. The van der Waals surface area contributed by atoms with Gasteiger partial charge >= 0.3 is 0 Å². The van der Waals surface area contributed by atoms with E-state index in [4.69, 9.17) is 4.98 Å². The number of benzene rings is 1. The third-order valence-corrected chi connectivity index (χ3v) is 4.97. The molecule has 1 aliphatic rings. The molecule has 0 saturated heterocycles. The highest BCUT2D eigenvalue weighted by atomic mass is 32.1. The van der Waals surface area contributed by atoms with Crippen LogP contribution in [0.3, 0.4) is 0 Å². The number of aromatic nitrogens is 1. The standard InChI is InChI=1S/C17H23N3S/c1-3-9-18-13(2)16-12-21-17(19-16)20-10-8-14-6-4-5-7-15(14)11-20/h4-7,12-13,18H,3,8-11H2,1-2H3. The molecule has 1 N–H and O–H groups in total. The molecule has 1 aromatic heterocycles. The van der Waals surface area contributed by atoms with Gasteiger partial charge in [0.15, 0.2) is 5.13 Å². The Kier molecular flexibility index (Phi) is 4.56. The molecule has 112 valence electrons. The summed E-state index contributed by atoms with van der Waals surface area (Å²) in [5.41, 5.74) is 4.10. The van der Waals surface area contributed by atoms with Gasteiger partial charge in [0.2, 0.25) is 0 Å². The molecule has 0 spiro atoms. The van der Waals surface area contributed by atoms with Crippen molar-refractivity contribution in [2.24, 2.45) is 0 Å². The first-order valence-electron chi connectivity index (χ1n) is 7.78. The topological polar surface area (TPSA) is 28.2 Å². The zero-order valence-electron chi connectivity index (χ0n) is 12.8. The number of rotatable bonds is 5. The first-order chi connectivity index (χ1) is 10.3. The number of thiazole rings is 1. The zero-order chi connectivity index (χ0) is 14.7. The van der Waals surface area contributed by atoms with Gasteiger partial charge in [0.05, 0.1) is 5.69 Å². The van der Waals surface area contributed by atoms with Gasteiger partial charge in [-0.3, -0.25) is 0 Å². The van der Waals surface area contributed by atoms with Crippen LogP contribution in [0.25, 0.3) is 0 Å². The van der Waals surface area contributed by atoms with Crippen LogP contribution in [-0.4, -0.2) is 18.1 Å². The molecule has 4 heteroatoms. The van der Waals surface area contributed by atoms with Gasteiger partial charge in [0.1, 0.15) is 0 Å². The van der Waals surface area contributed by atoms with Gasteiger partial charge in [-0.2, -0.15) is 0 Å². The monoisotopic (exact) mass is 301 g/mol. The molecular formula is C17H23N3S. The molecule has 21 heavy (non-hydrogen) atoms. The van der Waals surface area contributed by atoms with E-state index in [0.717, 1.165) is 37.6 Å². The maximum Gasteiger partial charge on any atom is 0.185 e. The highest BCUT2D eigenvalue weighted by molar-refractivity contribution is 7.13. The first-order valence-corrected chi connectivity index (χ1v) is 8.66. The first kappa shape index (κ1) is 14.5. The summed E-state index contributed by atoms with van der Waals surface area (Å²) in [7, 11) is 0. The zero-order valence-corrected chi connectivity index (χ0v) is 13.6. The smallest absolute Gasteiger partial charge is 0.185 e. The fraction of sp³-hybridized carbons (Fsp3) is 0.471. The quantitative estimate of drug-likeness (QED) is 0.911. The fourth-order valence-corrected chi connectivity index (χ4v) is 3.69. The lowest BCUT2D eigenvalue weighted by molar-refractivity contribution is 0.560. The van der Waals surface area contributed by atoms with Crippen LogP contribution in [0.5, 0.6) is 0 Å². The predicted octanol–water partition coefficient (Wildman–Crippen LogP) is 3.77. The molecule has 1 unspecified atom stereocenters. The summed E-state index contributed by atoms with van der Waals surface area (Å²) in [5, 5.41) is 6.86. The number of nitrogens with one attached hydrogen (secondary N) is 1. The molecule has 0 radical (unpaired) electrons. The third kappa shape index (κ3) is 3.27. The summed E-state index contributed by atoms with van der Waals surface area (Å²) in [6.07, 6.45) is 2.28. The van der Waals surface area contributed by atoms with Crippen molar-refractivity contribution in [2.45, 2.75) is 39.3 Å². The van der Waals surface area contributed by atoms with Crippen LogP contribution in [0.1, 0.15) is 43.1 Å². The van der Waals surface area contributed by atoms with E-state index in [0.29, 0.717) is 6.04 Å². The van der Waals surface area contributed by atoms with Gasteiger partial charge in [0, 0.05) is 24.5 Å². The van der Waals surface area contributed by atoms with Crippen molar-refractivity contribution in [1.29, 1.82) is 0 Å². The minimum atomic E-state index is 0.340. The Morgan fingerprint density at radius 2 is 2.14 bits per heavy atom. The average Bonchev–Trinajstić information content (AvgIpc) is 3.02. The van der Waals surface area contributed by atoms with Crippen molar-refractivity contribution in [3.63, 3.8) is 0 Å². The van der Waals surface area contributed by atoms with Crippen molar-refractivity contribution in [2.75, 3.05) is 18.0 Å². The SMILES string of the molecule is CCCNC(C)c1csc(N2CCc3ccccc3C2)n1. The van der Waals surface area contributed by atoms with Gasteiger partial charge in [-0.05, 0) is 37.4 Å². The minimum absolute atomic E-state index is 0.340. The van der Waals surface area contributed by atoms with E-state index in [9.17, 15) is 0 Å². The second kappa shape index (κ2) is 6.58. The molecule has 0 bridgehead atoms. The van der Waals surface area contributed by atoms with Crippen LogP contribution in [-0.2, 0) is 13.0 Å². The van der Waals surface area contributed by atoms with Gasteiger partial charge in [-0.25, -0.2) is 4.98 Å². The van der Waals surface area contributed by atoms with Crippen LogP contribution in [0.15, 0.2) is 29.6 Å². The second-order valence-electron chi connectivity index (χ2n) is 5.67. The highest BCUT2D eigenvalue weighted by Crippen LogP contribution is 2.28. The summed E-state index contributed by atoms with van der Waals surface area (Å²) in [5.74, 6) is 0. The lowest BCUT2D eigenvalue weighted by Crippen LogP contribution is -2.30. The number of hydrogen-bond donors (Lipinski definition) is 1. The Labute approximate surface area is 131 Å². The Morgan fingerprint density at radius 3 is 2.95 bits per heavy atom. The molecule has 1 aromatic carbocycles. The van der Waals surface area contributed by atoms with Crippen LogP contribution >= 0.6 is 11.3 Å². The molecule has 0 saturated carbocycles. The van der Waals surface area contributed by atoms with Crippen LogP contribution in [0, 0.1) is 0 Å². The molecule has 0 fully saturated rings. The Hall–Kier alpha value is -1.39. The van der Waals surface area contributed by atoms with Crippen LogP contribution in [0.2, 0.25) is 0 Å². The van der Waals surface area contributed by atoms with E-state index in [1.54, 1.807) is 11.3 Å². The highest BCUT2D eigenvalue weighted by Gasteiger charge is 2.19.